The van der Waals surface area contributed by atoms with Gasteiger partial charge in [0, 0.05) is 6.54 Å². The molecule has 1 heterocycles. The maximum Gasteiger partial charge on any atom is 0.188 e. The van der Waals surface area contributed by atoms with Crippen LogP contribution >= 0.6 is 24.0 Å². The summed E-state index contributed by atoms with van der Waals surface area (Å²) in [7, 11) is 0. The molecule has 19 heavy (non-hydrogen) atoms. The average Bonchev–Trinajstić information content (AvgIpc) is 2.65. The van der Waals surface area contributed by atoms with Gasteiger partial charge in [-0.05, 0) is 32.6 Å². The van der Waals surface area contributed by atoms with E-state index in [2.05, 4.69) is 20.5 Å². The van der Waals surface area contributed by atoms with Crippen molar-refractivity contribution in [3.63, 3.8) is 0 Å². The van der Waals surface area contributed by atoms with Gasteiger partial charge in [-0.25, -0.2) is 4.99 Å². The van der Waals surface area contributed by atoms with Crippen molar-refractivity contribution in [2.24, 2.45) is 16.6 Å². The van der Waals surface area contributed by atoms with Gasteiger partial charge in [0.15, 0.2) is 5.96 Å². The highest BCUT2D eigenvalue weighted by molar-refractivity contribution is 14.0. The first-order valence-electron chi connectivity index (χ1n) is 6.63. The number of nitrogens with one attached hydrogen (secondary N) is 1. The van der Waals surface area contributed by atoms with E-state index in [1.807, 2.05) is 13.8 Å². The highest BCUT2D eigenvalue weighted by Gasteiger charge is 2.16. The van der Waals surface area contributed by atoms with Gasteiger partial charge in [0.05, 0.1) is 18.8 Å². The number of hydrogen-bond acceptors (Lipinski definition) is 3. The van der Waals surface area contributed by atoms with Crippen LogP contribution in [-0.4, -0.2) is 27.5 Å². The summed E-state index contributed by atoms with van der Waals surface area (Å²) in [6, 6.07) is 0. The lowest BCUT2D eigenvalue weighted by atomic mass is 9.85. The maximum absolute atomic E-state index is 5.82. The van der Waals surface area contributed by atoms with Crippen molar-refractivity contribution in [3.8, 4) is 0 Å². The van der Waals surface area contributed by atoms with Crippen LogP contribution in [0.3, 0.4) is 0 Å². The molecular weight excluding hydrogens is 355 g/mol. The van der Waals surface area contributed by atoms with E-state index in [4.69, 9.17) is 5.73 Å². The summed E-state index contributed by atoms with van der Waals surface area (Å²) in [4.78, 5) is 5.98. The van der Waals surface area contributed by atoms with Crippen LogP contribution in [0.25, 0.3) is 0 Å². The molecule has 1 aliphatic carbocycles. The zero-order valence-corrected chi connectivity index (χ0v) is 13.9. The van der Waals surface area contributed by atoms with Crippen LogP contribution in [-0.2, 0) is 13.1 Å². The Morgan fingerprint density at radius 2 is 2.21 bits per heavy atom. The van der Waals surface area contributed by atoms with Crippen molar-refractivity contribution in [1.29, 1.82) is 0 Å². The largest absolute Gasteiger partial charge is 0.370 e. The Morgan fingerprint density at radius 1 is 1.47 bits per heavy atom. The molecule has 1 fully saturated rings. The fourth-order valence-electron chi connectivity index (χ4n) is 1.91. The molecule has 0 saturated heterocycles. The maximum atomic E-state index is 5.82. The Bertz CT molecular complexity index is 424. The van der Waals surface area contributed by atoms with Crippen LogP contribution < -0.4 is 11.1 Å². The highest BCUT2D eigenvalue weighted by Crippen LogP contribution is 2.24. The monoisotopic (exact) mass is 378 g/mol. The molecule has 108 valence electrons. The van der Waals surface area contributed by atoms with Crippen LogP contribution in [0, 0.1) is 12.8 Å². The predicted molar refractivity (Wildman–Crippen MR) is 86.5 cm³/mol. The Balaban J connectivity index is 0.00000180. The van der Waals surface area contributed by atoms with Gasteiger partial charge in [0.25, 0.3) is 0 Å². The van der Waals surface area contributed by atoms with E-state index in [0.717, 1.165) is 30.4 Å². The first-order valence-corrected chi connectivity index (χ1v) is 6.63. The van der Waals surface area contributed by atoms with Gasteiger partial charge in [0.1, 0.15) is 5.69 Å². The number of rotatable bonds is 5. The minimum Gasteiger partial charge on any atom is -0.370 e. The van der Waals surface area contributed by atoms with Gasteiger partial charge in [0.2, 0.25) is 0 Å². The molecule has 1 saturated carbocycles. The second kappa shape index (κ2) is 7.66. The third-order valence-corrected chi connectivity index (χ3v) is 3.40. The molecule has 1 aromatic rings. The van der Waals surface area contributed by atoms with E-state index in [9.17, 15) is 0 Å². The molecule has 2 rings (SSSR count). The number of guanidine groups is 1. The first-order chi connectivity index (χ1) is 8.69. The number of aryl methyl sites for hydroxylation is 2. The van der Waals surface area contributed by atoms with E-state index in [1.165, 1.54) is 19.3 Å². The number of halogens is 1. The van der Waals surface area contributed by atoms with Crippen LogP contribution in [0.5, 0.6) is 0 Å². The van der Waals surface area contributed by atoms with Gasteiger partial charge in [-0.2, -0.15) is 15.0 Å². The SMILES string of the molecule is CCn1nc(C)c(CN=C(N)NCC2CCC2)n1.I. The van der Waals surface area contributed by atoms with Crippen LogP contribution in [0.2, 0.25) is 0 Å². The summed E-state index contributed by atoms with van der Waals surface area (Å²) in [5, 5.41) is 11.8. The summed E-state index contributed by atoms with van der Waals surface area (Å²) in [6.07, 6.45) is 3.97. The summed E-state index contributed by atoms with van der Waals surface area (Å²) in [5.74, 6) is 1.29. The molecule has 3 N–H and O–H groups in total. The van der Waals surface area contributed by atoms with Crippen molar-refractivity contribution in [2.45, 2.75) is 46.2 Å². The number of nitrogens with zero attached hydrogens (tertiary/aromatic N) is 4. The van der Waals surface area contributed by atoms with Gasteiger partial charge in [-0.15, -0.1) is 24.0 Å². The van der Waals surface area contributed by atoms with Crippen molar-refractivity contribution in [1.82, 2.24) is 20.3 Å². The fourth-order valence-corrected chi connectivity index (χ4v) is 1.91. The van der Waals surface area contributed by atoms with Crippen molar-refractivity contribution >= 4 is 29.9 Å². The van der Waals surface area contributed by atoms with Crippen LogP contribution in [0.1, 0.15) is 37.6 Å². The van der Waals surface area contributed by atoms with Gasteiger partial charge >= 0.3 is 0 Å². The summed E-state index contributed by atoms with van der Waals surface area (Å²) in [5.41, 5.74) is 7.64. The predicted octanol–water partition coefficient (Wildman–Crippen LogP) is 1.43. The number of aromatic nitrogens is 3. The molecule has 1 aromatic heterocycles. The molecule has 1 aliphatic rings. The molecule has 0 bridgehead atoms. The number of nitrogens with two attached hydrogens (primary N) is 1. The van der Waals surface area contributed by atoms with Crippen molar-refractivity contribution in [3.05, 3.63) is 11.4 Å². The summed E-state index contributed by atoms with van der Waals surface area (Å²) >= 11 is 0. The standard InChI is InChI=1S/C12H22N6.HI/c1-3-18-16-9(2)11(17-18)8-15-12(13)14-7-10-5-4-6-10;/h10H,3-8H2,1-2H3,(H3,13,14,15);1H. The summed E-state index contributed by atoms with van der Waals surface area (Å²) in [6.45, 7) is 6.17. The molecule has 0 unspecified atom stereocenters. The van der Waals surface area contributed by atoms with E-state index >= 15 is 0 Å². The van der Waals surface area contributed by atoms with E-state index in [0.29, 0.717) is 12.5 Å². The lowest BCUT2D eigenvalue weighted by Gasteiger charge is -2.25. The zero-order chi connectivity index (χ0) is 13.0. The Labute approximate surface area is 131 Å². The molecule has 0 amide bonds. The molecular formula is C12H23IN6. The van der Waals surface area contributed by atoms with Crippen molar-refractivity contribution < 1.29 is 0 Å². The summed E-state index contributed by atoms with van der Waals surface area (Å²) < 4.78 is 0. The zero-order valence-electron chi connectivity index (χ0n) is 11.6. The second-order valence-electron chi connectivity index (χ2n) is 4.80. The van der Waals surface area contributed by atoms with Crippen molar-refractivity contribution in [2.75, 3.05) is 6.54 Å². The van der Waals surface area contributed by atoms with Gasteiger partial charge < -0.3 is 11.1 Å². The Morgan fingerprint density at radius 3 is 2.74 bits per heavy atom. The molecule has 0 aromatic carbocycles. The third kappa shape index (κ3) is 4.63. The lowest BCUT2D eigenvalue weighted by Crippen LogP contribution is -2.37. The Hall–Kier alpha value is -0.860. The van der Waals surface area contributed by atoms with Crippen LogP contribution in [0.15, 0.2) is 4.99 Å². The van der Waals surface area contributed by atoms with Gasteiger partial charge in [-0.1, -0.05) is 6.42 Å². The number of aliphatic imine (C=N–C) groups is 1. The minimum atomic E-state index is 0. The molecule has 6 nitrogen and oxygen atoms in total. The smallest absolute Gasteiger partial charge is 0.188 e. The average molecular weight is 378 g/mol. The first kappa shape index (κ1) is 16.2. The minimum absolute atomic E-state index is 0. The quantitative estimate of drug-likeness (QED) is 0.462. The lowest BCUT2D eigenvalue weighted by molar-refractivity contribution is 0.315. The fraction of sp³-hybridized carbons (Fsp3) is 0.750. The molecule has 0 atom stereocenters. The van der Waals surface area contributed by atoms with E-state index < -0.39 is 0 Å². The van der Waals surface area contributed by atoms with Crippen LogP contribution in [0.4, 0.5) is 0 Å². The Kier molecular flexibility index (Phi) is 6.53. The highest BCUT2D eigenvalue weighted by atomic mass is 127. The van der Waals surface area contributed by atoms with E-state index in [1.54, 1.807) is 4.80 Å². The van der Waals surface area contributed by atoms with E-state index in [-0.39, 0.29) is 24.0 Å². The topological polar surface area (TPSA) is 81.1 Å². The number of hydrogen-bond donors (Lipinski definition) is 2. The molecule has 0 radical (unpaired) electrons. The van der Waals surface area contributed by atoms with Gasteiger partial charge in [-0.3, -0.25) is 0 Å². The molecule has 0 aliphatic heterocycles. The molecule has 7 heteroatoms. The second-order valence-corrected chi connectivity index (χ2v) is 4.80. The third-order valence-electron chi connectivity index (χ3n) is 3.40. The normalized spacial score (nSPS) is 15.8. The molecule has 0 spiro atoms.